The van der Waals surface area contributed by atoms with Gasteiger partial charge in [-0.3, -0.25) is 4.79 Å². The van der Waals surface area contributed by atoms with Crippen LogP contribution in [-0.2, 0) is 4.79 Å². The van der Waals surface area contributed by atoms with Crippen LogP contribution < -0.4 is 5.01 Å². The summed E-state index contributed by atoms with van der Waals surface area (Å²) >= 11 is 4.82. The summed E-state index contributed by atoms with van der Waals surface area (Å²) in [4.78, 5) is 16.7. The summed E-state index contributed by atoms with van der Waals surface area (Å²) in [5, 5.41) is 8.34. The minimum atomic E-state index is -0.176. The lowest BCUT2D eigenvalue weighted by Crippen LogP contribution is -2.23. The Hall–Kier alpha value is -2.31. The van der Waals surface area contributed by atoms with Gasteiger partial charge in [-0.15, -0.1) is 11.3 Å². The van der Waals surface area contributed by atoms with Crippen LogP contribution in [0.5, 0.6) is 0 Å². The molecule has 3 aromatic rings. The molecule has 2 aromatic carbocycles. The third kappa shape index (κ3) is 4.21. The minimum absolute atomic E-state index is 0.176. The number of anilines is 1. The number of thiazole rings is 1. The zero-order chi connectivity index (χ0) is 17.8. The van der Waals surface area contributed by atoms with Gasteiger partial charge in [-0.1, -0.05) is 58.4 Å². The highest BCUT2D eigenvalue weighted by Crippen LogP contribution is 2.28. The lowest BCUT2D eigenvalue weighted by molar-refractivity contribution is -0.116. The van der Waals surface area contributed by atoms with E-state index in [1.54, 1.807) is 0 Å². The Kier molecular flexibility index (Phi) is 5.40. The van der Waals surface area contributed by atoms with Gasteiger partial charge in [-0.05, 0) is 24.6 Å². The van der Waals surface area contributed by atoms with Crippen LogP contribution in [0, 0.1) is 0 Å². The van der Waals surface area contributed by atoms with Crippen molar-refractivity contribution in [1.29, 1.82) is 0 Å². The van der Waals surface area contributed by atoms with E-state index in [1.807, 2.05) is 66.9 Å². The fourth-order valence-electron chi connectivity index (χ4n) is 2.25. The molecule has 4 nitrogen and oxygen atoms in total. The Morgan fingerprint density at radius 2 is 1.76 bits per heavy atom. The van der Waals surface area contributed by atoms with Gasteiger partial charge in [0.05, 0.1) is 11.4 Å². The van der Waals surface area contributed by atoms with E-state index in [0.29, 0.717) is 5.13 Å². The molecule has 0 aliphatic heterocycles. The van der Waals surface area contributed by atoms with Crippen molar-refractivity contribution in [3.63, 3.8) is 0 Å². The maximum absolute atomic E-state index is 12.1. The highest BCUT2D eigenvalue weighted by atomic mass is 79.9. The van der Waals surface area contributed by atoms with Crippen molar-refractivity contribution >= 4 is 44.0 Å². The van der Waals surface area contributed by atoms with Crippen molar-refractivity contribution in [3.8, 4) is 11.3 Å². The number of nitrogens with zero attached hydrogens (tertiary/aromatic N) is 3. The lowest BCUT2D eigenvalue weighted by Gasteiger charge is -2.13. The molecule has 0 spiro atoms. The third-order valence-corrected chi connectivity index (χ3v) is 4.90. The Morgan fingerprint density at radius 1 is 1.08 bits per heavy atom. The monoisotopic (exact) mass is 413 g/mol. The number of benzene rings is 2. The van der Waals surface area contributed by atoms with E-state index in [4.69, 9.17) is 0 Å². The van der Waals surface area contributed by atoms with Crippen LogP contribution in [0.2, 0.25) is 0 Å². The second-order valence-corrected chi connectivity index (χ2v) is 7.16. The minimum Gasteiger partial charge on any atom is -0.273 e. The van der Waals surface area contributed by atoms with Crippen LogP contribution in [0.15, 0.2) is 69.6 Å². The SMILES string of the molecule is CC(=O)N(/N=C(/C)c1ccc(Br)cc1)c1nc(-c2ccccc2)cs1. The zero-order valence-electron chi connectivity index (χ0n) is 13.8. The quantitative estimate of drug-likeness (QED) is 0.427. The van der Waals surface area contributed by atoms with Crippen LogP contribution >= 0.6 is 27.3 Å². The first-order valence-corrected chi connectivity index (χ1v) is 9.34. The van der Waals surface area contributed by atoms with E-state index >= 15 is 0 Å². The zero-order valence-corrected chi connectivity index (χ0v) is 16.2. The first-order valence-electron chi connectivity index (χ1n) is 7.67. The maximum Gasteiger partial charge on any atom is 0.246 e. The van der Waals surface area contributed by atoms with Gasteiger partial charge in [-0.2, -0.15) is 10.1 Å². The summed E-state index contributed by atoms with van der Waals surface area (Å²) in [5.74, 6) is -0.176. The third-order valence-electron chi connectivity index (χ3n) is 3.55. The van der Waals surface area contributed by atoms with Crippen molar-refractivity contribution in [3.05, 3.63) is 70.0 Å². The predicted molar refractivity (Wildman–Crippen MR) is 107 cm³/mol. The first kappa shape index (κ1) is 17.5. The van der Waals surface area contributed by atoms with Crippen LogP contribution in [0.1, 0.15) is 19.4 Å². The summed E-state index contributed by atoms with van der Waals surface area (Å²) < 4.78 is 1.000. The molecule has 1 aromatic heterocycles. The number of aromatic nitrogens is 1. The molecule has 0 aliphatic rings. The van der Waals surface area contributed by atoms with Crippen molar-refractivity contribution in [2.75, 3.05) is 5.01 Å². The molecular weight excluding hydrogens is 398 g/mol. The Balaban J connectivity index is 1.92. The molecule has 0 saturated heterocycles. The first-order chi connectivity index (χ1) is 12.0. The van der Waals surface area contributed by atoms with Gasteiger partial charge in [0.25, 0.3) is 0 Å². The fourth-order valence-corrected chi connectivity index (χ4v) is 3.34. The van der Waals surface area contributed by atoms with Gasteiger partial charge in [-0.25, -0.2) is 4.98 Å². The summed E-state index contributed by atoms with van der Waals surface area (Å²) in [6.45, 7) is 3.37. The van der Waals surface area contributed by atoms with E-state index in [-0.39, 0.29) is 5.91 Å². The van der Waals surface area contributed by atoms with Crippen LogP contribution in [0.3, 0.4) is 0 Å². The van der Waals surface area contributed by atoms with Gasteiger partial charge in [0.2, 0.25) is 11.0 Å². The number of carbonyl (C=O) groups excluding carboxylic acids is 1. The van der Waals surface area contributed by atoms with Crippen molar-refractivity contribution in [2.24, 2.45) is 5.10 Å². The Labute approximate surface area is 159 Å². The Bertz CT molecular complexity index is 904. The molecule has 0 fully saturated rings. The van der Waals surface area contributed by atoms with Gasteiger partial charge in [0.1, 0.15) is 0 Å². The van der Waals surface area contributed by atoms with Crippen molar-refractivity contribution in [1.82, 2.24) is 4.98 Å². The molecule has 25 heavy (non-hydrogen) atoms. The molecule has 1 amide bonds. The molecule has 0 atom stereocenters. The molecule has 0 saturated carbocycles. The molecule has 0 aliphatic carbocycles. The summed E-state index contributed by atoms with van der Waals surface area (Å²) in [7, 11) is 0. The van der Waals surface area contributed by atoms with Crippen LogP contribution in [0.4, 0.5) is 5.13 Å². The number of hydrazone groups is 1. The number of hydrogen-bond donors (Lipinski definition) is 0. The predicted octanol–water partition coefficient (Wildman–Crippen LogP) is 5.35. The molecule has 126 valence electrons. The van der Waals surface area contributed by atoms with Crippen LogP contribution in [-0.4, -0.2) is 16.6 Å². The molecule has 3 rings (SSSR count). The number of halogens is 1. The Morgan fingerprint density at radius 3 is 2.40 bits per heavy atom. The molecular formula is C19H16BrN3OS. The van der Waals surface area contributed by atoms with Gasteiger partial charge in [0, 0.05) is 22.3 Å². The number of rotatable bonds is 4. The lowest BCUT2D eigenvalue weighted by atomic mass is 10.1. The average Bonchev–Trinajstić information content (AvgIpc) is 3.10. The maximum atomic E-state index is 12.1. The average molecular weight is 414 g/mol. The van der Waals surface area contributed by atoms with Crippen molar-refractivity contribution < 1.29 is 4.79 Å². The number of amides is 1. The van der Waals surface area contributed by atoms with E-state index in [1.165, 1.54) is 23.3 Å². The molecule has 0 bridgehead atoms. The normalized spacial score (nSPS) is 11.4. The van der Waals surface area contributed by atoms with Crippen molar-refractivity contribution in [2.45, 2.75) is 13.8 Å². The van der Waals surface area contributed by atoms with E-state index < -0.39 is 0 Å². The molecule has 0 unspecified atom stereocenters. The van der Waals surface area contributed by atoms with Crippen LogP contribution in [0.25, 0.3) is 11.3 Å². The summed E-state index contributed by atoms with van der Waals surface area (Å²) in [6.07, 6.45) is 0. The number of carbonyl (C=O) groups is 1. The second kappa shape index (κ2) is 7.72. The summed E-state index contributed by atoms with van der Waals surface area (Å²) in [5.41, 5.74) is 3.55. The van der Waals surface area contributed by atoms with E-state index in [0.717, 1.165) is 27.0 Å². The highest BCUT2D eigenvalue weighted by molar-refractivity contribution is 9.10. The largest absolute Gasteiger partial charge is 0.273 e. The molecule has 1 heterocycles. The van der Waals surface area contributed by atoms with Gasteiger partial charge >= 0.3 is 0 Å². The molecule has 0 radical (unpaired) electrons. The van der Waals surface area contributed by atoms with E-state index in [2.05, 4.69) is 26.0 Å². The summed E-state index contributed by atoms with van der Waals surface area (Å²) in [6, 6.07) is 17.7. The van der Waals surface area contributed by atoms with Gasteiger partial charge < -0.3 is 0 Å². The molecule has 0 N–H and O–H groups in total. The molecule has 6 heteroatoms. The number of hydrogen-bond acceptors (Lipinski definition) is 4. The van der Waals surface area contributed by atoms with Gasteiger partial charge in [0.15, 0.2) is 0 Å². The smallest absolute Gasteiger partial charge is 0.246 e. The standard InChI is InChI=1S/C19H16BrN3OS/c1-13(15-8-10-17(20)11-9-15)22-23(14(2)24)19-21-18(12-25-19)16-6-4-3-5-7-16/h3-12H,1-2H3/b22-13-. The second-order valence-electron chi connectivity index (χ2n) is 5.40. The fraction of sp³-hybridized carbons (Fsp3) is 0.105. The van der Waals surface area contributed by atoms with E-state index in [9.17, 15) is 4.79 Å². The highest BCUT2D eigenvalue weighted by Gasteiger charge is 2.16. The topological polar surface area (TPSA) is 45.6 Å².